The van der Waals surface area contributed by atoms with Crippen LogP contribution in [0.3, 0.4) is 0 Å². The normalized spacial score (nSPS) is 10.8. The molecule has 5 nitrogen and oxygen atoms in total. The third-order valence-corrected chi connectivity index (χ3v) is 5.08. The first-order valence-electron chi connectivity index (χ1n) is 5.60. The zero-order valence-electron chi connectivity index (χ0n) is 10.0. The molecule has 0 bridgehead atoms. The SMILES string of the molecule is [O-][n+]1ccccc1SCc1nc(-c2cc(Br)cs2)no1. The second-order valence-electron chi connectivity index (χ2n) is 3.79. The highest BCUT2D eigenvalue weighted by Gasteiger charge is 2.13. The largest absolute Gasteiger partial charge is 0.618 e. The third-order valence-electron chi connectivity index (χ3n) is 2.39. The fourth-order valence-corrected chi connectivity index (χ4v) is 3.61. The minimum atomic E-state index is 0.464. The zero-order chi connectivity index (χ0) is 13.9. The number of nitrogens with zero attached hydrogens (tertiary/aromatic N) is 3. The van der Waals surface area contributed by atoms with Gasteiger partial charge in [0, 0.05) is 22.0 Å². The highest BCUT2D eigenvalue weighted by molar-refractivity contribution is 9.10. The van der Waals surface area contributed by atoms with Crippen molar-refractivity contribution in [3.8, 4) is 10.7 Å². The van der Waals surface area contributed by atoms with Crippen LogP contribution in [0.5, 0.6) is 0 Å². The molecular formula is C12H8BrN3O2S2. The van der Waals surface area contributed by atoms with Gasteiger partial charge >= 0.3 is 0 Å². The molecule has 3 aromatic rings. The number of thioether (sulfide) groups is 1. The maximum atomic E-state index is 11.5. The molecule has 0 unspecified atom stereocenters. The highest BCUT2D eigenvalue weighted by atomic mass is 79.9. The van der Waals surface area contributed by atoms with E-state index in [0.717, 1.165) is 14.1 Å². The summed E-state index contributed by atoms with van der Waals surface area (Å²) in [4.78, 5) is 5.26. The van der Waals surface area contributed by atoms with Crippen LogP contribution in [0.25, 0.3) is 10.7 Å². The summed E-state index contributed by atoms with van der Waals surface area (Å²) in [5, 5.41) is 18.0. The molecule has 0 aliphatic rings. The molecule has 3 aromatic heterocycles. The van der Waals surface area contributed by atoms with Crippen LogP contribution < -0.4 is 4.73 Å². The molecule has 3 rings (SSSR count). The second kappa shape index (κ2) is 5.94. The molecular weight excluding hydrogens is 362 g/mol. The van der Waals surface area contributed by atoms with Crippen LogP contribution in [0, 0.1) is 5.21 Å². The van der Waals surface area contributed by atoms with E-state index in [2.05, 4.69) is 26.1 Å². The molecule has 0 spiro atoms. The molecule has 0 aromatic carbocycles. The predicted molar refractivity (Wildman–Crippen MR) is 80.3 cm³/mol. The van der Waals surface area contributed by atoms with Gasteiger partial charge in [-0.1, -0.05) is 5.16 Å². The van der Waals surface area contributed by atoms with Crippen LogP contribution in [0.2, 0.25) is 0 Å². The quantitative estimate of drug-likeness (QED) is 0.400. The fraction of sp³-hybridized carbons (Fsp3) is 0.0833. The fourth-order valence-electron chi connectivity index (χ4n) is 1.50. The van der Waals surface area contributed by atoms with Crippen molar-refractivity contribution >= 4 is 39.0 Å². The van der Waals surface area contributed by atoms with E-state index in [4.69, 9.17) is 4.52 Å². The van der Waals surface area contributed by atoms with E-state index < -0.39 is 0 Å². The minimum absolute atomic E-state index is 0.464. The molecule has 0 amide bonds. The summed E-state index contributed by atoms with van der Waals surface area (Å²) in [7, 11) is 0. The van der Waals surface area contributed by atoms with Crippen molar-refractivity contribution in [2.75, 3.05) is 0 Å². The van der Waals surface area contributed by atoms with E-state index in [9.17, 15) is 5.21 Å². The Labute approximate surface area is 131 Å². The van der Waals surface area contributed by atoms with Gasteiger partial charge in [-0.3, -0.25) is 0 Å². The second-order valence-corrected chi connectivity index (χ2v) is 6.62. The molecule has 3 heterocycles. The number of hydrogen-bond donors (Lipinski definition) is 0. The van der Waals surface area contributed by atoms with Gasteiger partial charge in [0.2, 0.25) is 11.7 Å². The zero-order valence-corrected chi connectivity index (χ0v) is 13.2. The number of hydrogen-bond acceptors (Lipinski definition) is 6. The summed E-state index contributed by atoms with van der Waals surface area (Å²) in [6, 6.07) is 7.20. The van der Waals surface area contributed by atoms with E-state index in [0.29, 0.717) is 22.5 Å². The molecule has 20 heavy (non-hydrogen) atoms. The molecule has 0 radical (unpaired) electrons. The Morgan fingerprint density at radius 3 is 3.10 bits per heavy atom. The Kier molecular flexibility index (Phi) is 4.04. The lowest BCUT2D eigenvalue weighted by Gasteiger charge is -2.00. The van der Waals surface area contributed by atoms with Crippen LogP contribution in [0.1, 0.15) is 5.89 Å². The minimum Gasteiger partial charge on any atom is -0.618 e. The summed E-state index contributed by atoms with van der Waals surface area (Å²) in [5.74, 6) is 1.53. The standard InChI is InChI=1S/C12H8BrN3O2S2/c13-8-5-9(19-6-8)12-14-10(18-15-12)7-20-11-3-1-2-4-16(11)17/h1-6H,7H2. The van der Waals surface area contributed by atoms with Crippen LogP contribution in [-0.4, -0.2) is 10.1 Å². The summed E-state index contributed by atoms with van der Waals surface area (Å²) >= 11 is 6.29. The van der Waals surface area contributed by atoms with Crippen molar-refractivity contribution < 1.29 is 9.25 Å². The third kappa shape index (κ3) is 3.02. The smallest absolute Gasteiger partial charge is 0.251 e. The molecule has 0 fully saturated rings. The van der Waals surface area contributed by atoms with Crippen LogP contribution in [-0.2, 0) is 5.75 Å². The molecule has 0 N–H and O–H groups in total. The van der Waals surface area contributed by atoms with Crippen LogP contribution >= 0.6 is 39.0 Å². The molecule has 0 aliphatic carbocycles. The average Bonchev–Trinajstić information content (AvgIpc) is 3.06. The molecule has 102 valence electrons. The van der Waals surface area contributed by atoms with Crippen molar-refractivity contribution in [3.63, 3.8) is 0 Å². The monoisotopic (exact) mass is 369 g/mol. The van der Waals surface area contributed by atoms with Gasteiger partial charge < -0.3 is 9.73 Å². The lowest BCUT2D eigenvalue weighted by atomic mass is 10.4. The lowest BCUT2D eigenvalue weighted by molar-refractivity contribution is -0.645. The highest BCUT2D eigenvalue weighted by Crippen LogP contribution is 2.28. The number of halogens is 1. The van der Waals surface area contributed by atoms with Crippen LogP contribution in [0.4, 0.5) is 0 Å². The predicted octanol–water partition coefficient (Wildman–Crippen LogP) is 3.49. The number of pyridine rings is 1. The van der Waals surface area contributed by atoms with Crippen molar-refractivity contribution in [1.29, 1.82) is 0 Å². The van der Waals surface area contributed by atoms with E-state index in [1.165, 1.54) is 18.0 Å². The maximum Gasteiger partial charge on any atom is 0.251 e. The van der Waals surface area contributed by atoms with Gasteiger partial charge in [-0.25, -0.2) is 0 Å². The summed E-state index contributed by atoms with van der Waals surface area (Å²) in [6.07, 6.45) is 1.46. The van der Waals surface area contributed by atoms with Crippen molar-refractivity contribution in [2.45, 2.75) is 10.8 Å². The lowest BCUT2D eigenvalue weighted by Crippen LogP contribution is -2.27. The first-order valence-corrected chi connectivity index (χ1v) is 8.26. The van der Waals surface area contributed by atoms with Crippen LogP contribution in [0.15, 0.2) is 49.9 Å². The first-order chi connectivity index (χ1) is 9.72. The van der Waals surface area contributed by atoms with Crippen molar-refractivity contribution in [2.24, 2.45) is 0 Å². The summed E-state index contributed by atoms with van der Waals surface area (Å²) < 4.78 is 7.00. The molecule has 0 saturated heterocycles. The van der Waals surface area contributed by atoms with Crippen molar-refractivity contribution in [1.82, 2.24) is 10.1 Å². The van der Waals surface area contributed by atoms with Gasteiger partial charge in [-0.05, 0) is 39.8 Å². The first kappa shape index (κ1) is 13.6. The Balaban J connectivity index is 1.70. The summed E-state index contributed by atoms with van der Waals surface area (Å²) in [6.45, 7) is 0. The number of thiophene rings is 1. The number of rotatable bonds is 4. The van der Waals surface area contributed by atoms with E-state index >= 15 is 0 Å². The van der Waals surface area contributed by atoms with E-state index in [1.807, 2.05) is 17.5 Å². The van der Waals surface area contributed by atoms with Gasteiger partial charge in [-0.2, -0.15) is 9.71 Å². The number of aromatic nitrogens is 3. The van der Waals surface area contributed by atoms with E-state index in [-0.39, 0.29) is 0 Å². The van der Waals surface area contributed by atoms with Gasteiger partial charge in [0.25, 0.3) is 5.03 Å². The Bertz CT molecular complexity index is 729. The van der Waals surface area contributed by atoms with E-state index in [1.54, 1.807) is 23.5 Å². The van der Waals surface area contributed by atoms with Gasteiger partial charge in [0.15, 0.2) is 6.20 Å². The Morgan fingerprint density at radius 2 is 2.35 bits per heavy atom. The topological polar surface area (TPSA) is 65.9 Å². The molecule has 0 atom stereocenters. The Hall–Kier alpha value is -1.38. The molecule has 0 aliphatic heterocycles. The average molecular weight is 370 g/mol. The van der Waals surface area contributed by atoms with Gasteiger partial charge in [0.1, 0.15) is 0 Å². The maximum absolute atomic E-state index is 11.5. The van der Waals surface area contributed by atoms with Gasteiger partial charge in [-0.15, -0.1) is 11.3 Å². The van der Waals surface area contributed by atoms with Gasteiger partial charge in [0.05, 0.1) is 10.6 Å². The molecule has 0 saturated carbocycles. The summed E-state index contributed by atoms with van der Waals surface area (Å²) in [5.41, 5.74) is 0. The Morgan fingerprint density at radius 1 is 1.45 bits per heavy atom. The van der Waals surface area contributed by atoms with Crippen molar-refractivity contribution in [3.05, 3.63) is 51.4 Å². The molecule has 8 heteroatoms.